The fraction of sp³-hybridized carbons (Fsp3) is 0.500. The second kappa shape index (κ2) is 4.07. The van der Waals surface area contributed by atoms with E-state index in [0.29, 0.717) is 12.3 Å². The molecule has 0 bridgehead atoms. The molecule has 12 heavy (non-hydrogen) atoms. The maximum atomic E-state index is 9.60. The first kappa shape index (κ1) is 9.77. The second-order valence-electron chi connectivity index (χ2n) is 2.91. The van der Waals surface area contributed by atoms with Crippen molar-refractivity contribution in [2.24, 2.45) is 0 Å². The topological polar surface area (TPSA) is 36.6 Å². The summed E-state index contributed by atoms with van der Waals surface area (Å²) in [7, 11) is 3.81. The zero-order valence-corrected chi connectivity index (χ0v) is 8.71. The average molecular weight is 234 g/mol. The number of hydrogen-bond donors (Lipinski definition) is 1. The van der Waals surface area contributed by atoms with E-state index >= 15 is 0 Å². The molecule has 0 fully saturated rings. The highest BCUT2D eigenvalue weighted by atomic mass is 79.9. The van der Waals surface area contributed by atoms with Crippen molar-refractivity contribution >= 4 is 15.9 Å². The van der Waals surface area contributed by atoms with Gasteiger partial charge in [0.25, 0.3) is 0 Å². The molecule has 0 radical (unpaired) electrons. The van der Waals surface area contributed by atoms with Crippen LogP contribution in [0.25, 0.3) is 0 Å². The van der Waals surface area contributed by atoms with Gasteiger partial charge in [-0.15, -0.1) is 0 Å². The Kier molecular flexibility index (Phi) is 3.31. The number of furan rings is 1. The Morgan fingerprint density at radius 2 is 2.33 bits per heavy atom. The number of nitrogens with zero attached hydrogens (tertiary/aromatic N) is 1. The molecule has 0 aromatic carbocycles. The second-order valence-corrected chi connectivity index (χ2v) is 3.77. The average Bonchev–Trinajstić information content (AvgIpc) is 2.33. The van der Waals surface area contributed by atoms with Crippen LogP contribution in [0.15, 0.2) is 21.2 Å². The molecule has 4 heteroatoms. The quantitative estimate of drug-likeness (QED) is 0.863. The lowest BCUT2D eigenvalue weighted by Crippen LogP contribution is -2.19. The molecule has 1 aromatic heterocycles. The minimum Gasteiger partial charge on any atom is -0.465 e. The standard InChI is InChI=1S/C8H12BrNO2/c1-10(2)5-7(11)8-6(9)3-4-12-8/h3-4,7,11H,5H2,1-2H3. The van der Waals surface area contributed by atoms with Crippen LogP contribution in [-0.2, 0) is 0 Å². The molecule has 0 aliphatic rings. The van der Waals surface area contributed by atoms with Gasteiger partial charge in [-0.05, 0) is 36.1 Å². The zero-order valence-electron chi connectivity index (χ0n) is 7.12. The summed E-state index contributed by atoms with van der Waals surface area (Å²) >= 11 is 3.28. The molecule has 0 saturated heterocycles. The van der Waals surface area contributed by atoms with Gasteiger partial charge in [0.2, 0.25) is 0 Å². The van der Waals surface area contributed by atoms with E-state index in [0.717, 1.165) is 4.47 Å². The third-order valence-corrected chi connectivity index (χ3v) is 2.14. The van der Waals surface area contributed by atoms with E-state index in [1.165, 1.54) is 0 Å². The minimum atomic E-state index is -0.565. The Hall–Kier alpha value is -0.320. The lowest BCUT2D eigenvalue weighted by Gasteiger charge is -2.13. The number of halogens is 1. The number of likely N-dealkylation sites (N-methyl/N-ethyl adjacent to an activating group) is 1. The van der Waals surface area contributed by atoms with Gasteiger partial charge in [-0.1, -0.05) is 0 Å². The van der Waals surface area contributed by atoms with E-state index in [1.54, 1.807) is 12.3 Å². The van der Waals surface area contributed by atoms with Crippen LogP contribution in [0, 0.1) is 0 Å². The number of aliphatic hydroxyl groups is 1. The summed E-state index contributed by atoms with van der Waals surface area (Å²) in [5.74, 6) is 0.587. The van der Waals surface area contributed by atoms with Gasteiger partial charge in [0.05, 0.1) is 10.7 Å². The summed E-state index contributed by atoms with van der Waals surface area (Å²) in [5, 5.41) is 9.60. The minimum absolute atomic E-state index is 0.562. The van der Waals surface area contributed by atoms with Gasteiger partial charge < -0.3 is 14.4 Å². The van der Waals surface area contributed by atoms with Crippen LogP contribution in [0.5, 0.6) is 0 Å². The maximum Gasteiger partial charge on any atom is 0.147 e. The molecule has 1 aromatic rings. The summed E-state index contributed by atoms with van der Waals surface area (Å²) in [6, 6.07) is 1.77. The molecule has 1 unspecified atom stereocenters. The van der Waals surface area contributed by atoms with Crippen LogP contribution >= 0.6 is 15.9 Å². The van der Waals surface area contributed by atoms with Crippen LogP contribution in [0.4, 0.5) is 0 Å². The van der Waals surface area contributed by atoms with Gasteiger partial charge in [0, 0.05) is 6.54 Å². The van der Waals surface area contributed by atoms with Crippen molar-refractivity contribution < 1.29 is 9.52 Å². The van der Waals surface area contributed by atoms with Gasteiger partial charge in [-0.3, -0.25) is 0 Å². The first-order chi connectivity index (χ1) is 5.61. The fourth-order valence-electron chi connectivity index (χ4n) is 0.972. The number of aliphatic hydroxyl groups excluding tert-OH is 1. The molecule has 1 heterocycles. The van der Waals surface area contributed by atoms with Gasteiger partial charge in [-0.2, -0.15) is 0 Å². The van der Waals surface area contributed by atoms with Crippen LogP contribution < -0.4 is 0 Å². The lowest BCUT2D eigenvalue weighted by atomic mass is 10.2. The normalized spacial score (nSPS) is 13.8. The van der Waals surface area contributed by atoms with Crippen molar-refractivity contribution in [3.63, 3.8) is 0 Å². The highest BCUT2D eigenvalue weighted by Crippen LogP contribution is 2.24. The fourth-order valence-corrected chi connectivity index (χ4v) is 1.44. The van der Waals surface area contributed by atoms with Crippen molar-refractivity contribution in [2.45, 2.75) is 6.10 Å². The molecule has 68 valence electrons. The Bertz CT molecular complexity index is 247. The van der Waals surface area contributed by atoms with Gasteiger partial charge >= 0.3 is 0 Å². The Morgan fingerprint density at radius 1 is 1.67 bits per heavy atom. The highest BCUT2D eigenvalue weighted by molar-refractivity contribution is 9.10. The maximum absolute atomic E-state index is 9.60. The third kappa shape index (κ3) is 2.33. The summed E-state index contributed by atoms with van der Waals surface area (Å²) in [5.41, 5.74) is 0. The Morgan fingerprint density at radius 3 is 2.75 bits per heavy atom. The van der Waals surface area contributed by atoms with Crippen LogP contribution in [0.2, 0.25) is 0 Å². The molecule has 1 N–H and O–H groups in total. The molecular formula is C8H12BrNO2. The molecule has 0 spiro atoms. The van der Waals surface area contributed by atoms with Gasteiger partial charge in [0.15, 0.2) is 0 Å². The van der Waals surface area contributed by atoms with E-state index < -0.39 is 6.10 Å². The van der Waals surface area contributed by atoms with E-state index in [9.17, 15) is 5.11 Å². The number of hydrogen-bond acceptors (Lipinski definition) is 3. The van der Waals surface area contributed by atoms with E-state index in [2.05, 4.69) is 15.9 Å². The Balaban J connectivity index is 2.65. The van der Waals surface area contributed by atoms with Crippen molar-refractivity contribution in [3.05, 3.63) is 22.6 Å². The van der Waals surface area contributed by atoms with Gasteiger partial charge in [-0.25, -0.2) is 0 Å². The molecule has 1 rings (SSSR count). The molecule has 0 amide bonds. The Labute approximate surface area is 80.1 Å². The lowest BCUT2D eigenvalue weighted by molar-refractivity contribution is 0.115. The van der Waals surface area contributed by atoms with Crippen molar-refractivity contribution in [1.82, 2.24) is 4.90 Å². The SMILES string of the molecule is CN(C)CC(O)c1occc1Br. The predicted molar refractivity (Wildman–Crippen MR) is 49.9 cm³/mol. The van der Waals surface area contributed by atoms with Crippen LogP contribution in [0.1, 0.15) is 11.9 Å². The molecular weight excluding hydrogens is 222 g/mol. The van der Waals surface area contributed by atoms with Crippen molar-refractivity contribution in [3.8, 4) is 0 Å². The van der Waals surface area contributed by atoms with Crippen molar-refractivity contribution in [2.75, 3.05) is 20.6 Å². The smallest absolute Gasteiger partial charge is 0.147 e. The van der Waals surface area contributed by atoms with Gasteiger partial charge in [0.1, 0.15) is 11.9 Å². The van der Waals surface area contributed by atoms with E-state index in [4.69, 9.17) is 4.42 Å². The third-order valence-electron chi connectivity index (χ3n) is 1.49. The first-order valence-electron chi connectivity index (χ1n) is 3.67. The van der Waals surface area contributed by atoms with Crippen LogP contribution in [-0.4, -0.2) is 30.6 Å². The molecule has 0 aliphatic carbocycles. The number of rotatable bonds is 3. The molecule has 3 nitrogen and oxygen atoms in total. The van der Waals surface area contributed by atoms with E-state index in [1.807, 2.05) is 19.0 Å². The van der Waals surface area contributed by atoms with E-state index in [-0.39, 0.29) is 0 Å². The molecule has 0 aliphatic heterocycles. The summed E-state index contributed by atoms with van der Waals surface area (Å²) in [6.45, 7) is 0.562. The van der Waals surface area contributed by atoms with Crippen molar-refractivity contribution in [1.29, 1.82) is 0 Å². The monoisotopic (exact) mass is 233 g/mol. The highest BCUT2D eigenvalue weighted by Gasteiger charge is 2.14. The zero-order chi connectivity index (χ0) is 9.14. The first-order valence-corrected chi connectivity index (χ1v) is 4.46. The summed E-state index contributed by atoms with van der Waals surface area (Å²) < 4.78 is 5.92. The van der Waals surface area contributed by atoms with Crippen LogP contribution in [0.3, 0.4) is 0 Å². The largest absolute Gasteiger partial charge is 0.465 e. The predicted octanol–water partition coefficient (Wildman–Crippen LogP) is 1.64. The molecule has 1 atom stereocenters. The summed E-state index contributed by atoms with van der Waals surface area (Å²) in [6.07, 6.45) is 0.988. The summed E-state index contributed by atoms with van der Waals surface area (Å²) in [4.78, 5) is 1.90. The molecule has 0 saturated carbocycles.